The molecule has 2 N–H and O–H groups in total. The van der Waals surface area contributed by atoms with E-state index in [4.69, 9.17) is 4.55 Å². The van der Waals surface area contributed by atoms with Crippen LogP contribution in [-0.2, 0) is 29.2 Å². The Morgan fingerprint density at radius 1 is 1.06 bits per heavy atom. The second kappa shape index (κ2) is 10.8. The van der Waals surface area contributed by atoms with Gasteiger partial charge >= 0.3 is 45.1 Å². The molecule has 0 heterocycles. The summed E-state index contributed by atoms with van der Waals surface area (Å²) in [6.45, 7) is 2.55. The maximum atomic E-state index is 13.9. The van der Waals surface area contributed by atoms with Crippen molar-refractivity contribution in [3.63, 3.8) is 0 Å². The lowest BCUT2D eigenvalue weighted by atomic mass is 9.95. The van der Waals surface area contributed by atoms with E-state index in [1.54, 1.807) is 0 Å². The number of nitrogens with one attached hydrogen (secondary N) is 1. The molecule has 0 spiro atoms. The van der Waals surface area contributed by atoms with Crippen LogP contribution in [0.25, 0.3) is 0 Å². The molecule has 1 fully saturated rings. The molecule has 1 aliphatic rings. The fraction of sp³-hybridized carbons (Fsp3) is 0.778. The van der Waals surface area contributed by atoms with Crippen LogP contribution in [0.4, 0.5) is 30.7 Å². The van der Waals surface area contributed by atoms with Gasteiger partial charge in [-0.25, -0.2) is 4.79 Å². The fourth-order valence-electron chi connectivity index (χ4n) is 3.00. The molecule has 1 unspecified atom stereocenters. The van der Waals surface area contributed by atoms with E-state index >= 15 is 0 Å². The molecular weight excluding hydrogens is 507 g/mol. The van der Waals surface area contributed by atoms with Gasteiger partial charge in [-0.15, -0.1) is 0 Å². The number of carbonyl (C=O) groups is 2. The Morgan fingerprint density at radius 3 is 2.03 bits per heavy atom. The summed E-state index contributed by atoms with van der Waals surface area (Å²) >= 11 is 0. The zero-order chi connectivity index (χ0) is 26.6. The molecule has 1 rings (SSSR count). The summed E-state index contributed by atoms with van der Waals surface area (Å²) in [6.07, 6.45) is -6.57. The highest BCUT2D eigenvalue weighted by molar-refractivity contribution is 7.87. The molecule has 0 bridgehead atoms. The highest BCUT2D eigenvalue weighted by Crippen LogP contribution is 2.42. The minimum Gasteiger partial charge on any atom is -0.412 e. The predicted octanol–water partition coefficient (Wildman–Crippen LogP) is 3.73. The van der Waals surface area contributed by atoms with Gasteiger partial charge in [-0.1, -0.05) is 25.8 Å². The summed E-state index contributed by atoms with van der Waals surface area (Å²) in [5, 5.41) is -3.90. The monoisotopic (exact) mass is 531 g/mol. The number of hydrogen-bond donors (Lipinski definition) is 2. The zero-order valence-electron chi connectivity index (χ0n) is 17.9. The molecule has 1 atom stereocenters. The number of ether oxygens (including phenoxy) is 2. The summed E-state index contributed by atoms with van der Waals surface area (Å²) < 4.78 is 133. The minimum absolute atomic E-state index is 0.311. The number of amides is 1. The Labute approximate surface area is 190 Å². The van der Waals surface area contributed by atoms with Gasteiger partial charge in [0.15, 0.2) is 0 Å². The fourth-order valence-corrected chi connectivity index (χ4v) is 3.48. The van der Waals surface area contributed by atoms with Gasteiger partial charge in [0.2, 0.25) is 0 Å². The van der Waals surface area contributed by atoms with E-state index in [1.807, 2.05) is 5.32 Å². The van der Waals surface area contributed by atoms with Gasteiger partial charge in [-0.2, -0.15) is 39.2 Å². The van der Waals surface area contributed by atoms with Crippen molar-refractivity contribution in [1.82, 2.24) is 5.32 Å². The number of alkyl halides is 7. The normalized spacial score (nSPS) is 18.1. The molecule has 16 heteroatoms. The molecule has 1 aliphatic carbocycles. The van der Waals surface area contributed by atoms with Gasteiger partial charge in [0.25, 0.3) is 0 Å². The van der Waals surface area contributed by atoms with Crippen LogP contribution in [0.2, 0.25) is 0 Å². The summed E-state index contributed by atoms with van der Waals surface area (Å²) in [5.74, 6) is -13.4. The maximum Gasteiger partial charge on any atom is 0.466 e. The molecule has 1 amide bonds. The van der Waals surface area contributed by atoms with Crippen LogP contribution in [0.5, 0.6) is 0 Å². The van der Waals surface area contributed by atoms with Crippen LogP contribution in [0, 0.1) is 0 Å². The Kier molecular flexibility index (Phi) is 9.53. The van der Waals surface area contributed by atoms with Gasteiger partial charge in [0.1, 0.15) is 0 Å². The molecule has 0 radical (unpaired) electrons. The van der Waals surface area contributed by atoms with Crippen molar-refractivity contribution in [3.8, 4) is 0 Å². The summed E-state index contributed by atoms with van der Waals surface area (Å²) in [6, 6.07) is -0.729. The predicted molar refractivity (Wildman–Crippen MR) is 101 cm³/mol. The van der Waals surface area contributed by atoms with E-state index in [0.717, 1.165) is 13.3 Å². The Balaban J connectivity index is 3.13. The molecule has 0 saturated heterocycles. The van der Waals surface area contributed by atoms with Crippen LogP contribution in [-0.4, -0.2) is 60.6 Å². The van der Waals surface area contributed by atoms with Crippen LogP contribution < -0.4 is 5.32 Å². The maximum absolute atomic E-state index is 13.9. The first-order chi connectivity index (χ1) is 15.3. The van der Waals surface area contributed by atoms with Crippen molar-refractivity contribution in [2.75, 3.05) is 6.61 Å². The largest absolute Gasteiger partial charge is 0.466 e. The van der Waals surface area contributed by atoms with Crippen LogP contribution >= 0.6 is 0 Å². The smallest absolute Gasteiger partial charge is 0.412 e. The van der Waals surface area contributed by atoms with E-state index in [2.05, 4.69) is 16.1 Å². The van der Waals surface area contributed by atoms with Crippen LogP contribution in [0.15, 0.2) is 12.2 Å². The van der Waals surface area contributed by atoms with Crippen molar-refractivity contribution in [2.24, 2.45) is 0 Å². The SMILES string of the molecule is C=C(C)C(=O)OC(OCCCC(F)(F)C(F)(F)S(=O)(=O)O)(C(=O)NC1CCCCC1)C(F)(F)F. The van der Waals surface area contributed by atoms with Crippen molar-refractivity contribution >= 4 is 22.0 Å². The van der Waals surface area contributed by atoms with Crippen LogP contribution in [0.3, 0.4) is 0 Å². The number of carbonyl (C=O) groups excluding carboxylic acids is 2. The summed E-state index contributed by atoms with van der Waals surface area (Å²) in [4.78, 5) is 24.4. The van der Waals surface area contributed by atoms with Gasteiger partial charge in [0, 0.05) is 18.0 Å². The van der Waals surface area contributed by atoms with Crippen LogP contribution in [0.1, 0.15) is 51.9 Å². The summed E-state index contributed by atoms with van der Waals surface area (Å²) in [5.41, 5.74) is -0.568. The third kappa shape index (κ3) is 6.81. The Bertz CT molecular complexity index is 870. The standard InChI is InChI=1S/C18H24F7NO7S/c1-11(2)13(27)33-16(17(21,22)23,14(28)26-12-7-4-3-5-8-12)32-10-6-9-15(19,20)18(24,25)34(29,30)31/h12H,1,3-10H2,2H3,(H,26,28)(H,29,30,31). The topological polar surface area (TPSA) is 119 Å². The highest BCUT2D eigenvalue weighted by Gasteiger charge is 2.67. The van der Waals surface area contributed by atoms with E-state index in [1.165, 1.54) is 0 Å². The molecule has 34 heavy (non-hydrogen) atoms. The number of esters is 1. The Morgan fingerprint density at radius 2 is 1.59 bits per heavy atom. The molecule has 1 saturated carbocycles. The third-order valence-corrected chi connectivity index (χ3v) is 5.83. The van der Waals surface area contributed by atoms with E-state index < -0.39 is 76.2 Å². The second-order valence-corrected chi connectivity index (χ2v) is 9.20. The molecule has 198 valence electrons. The van der Waals surface area contributed by atoms with Crippen molar-refractivity contribution < 1.29 is 62.8 Å². The van der Waals surface area contributed by atoms with Crippen molar-refractivity contribution in [1.29, 1.82) is 0 Å². The number of hydrogen-bond acceptors (Lipinski definition) is 6. The third-order valence-electron chi connectivity index (χ3n) is 4.89. The van der Waals surface area contributed by atoms with Gasteiger partial charge in [0.05, 0.1) is 6.61 Å². The molecular formula is C18H24F7NO7S. The number of rotatable bonds is 11. The molecule has 0 aromatic heterocycles. The van der Waals surface area contributed by atoms with Crippen molar-refractivity contribution in [3.05, 3.63) is 12.2 Å². The minimum atomic E-state index is -6.55. The average molecular weight is 531 g/mol. The lowest BCUT2D eigenvalue weighted by molar-refractivity contribution is -0.347. The van der Waals surface area contributed by atoms with E-state index in [9.17, 15) is 48.7 Å². The van der Waals surface area contributed by atoms with Gasteiger partial charge in [-0.05, 0) is 26.2 Å². The lowest BCUT2D eigenvalue weighted by Crippen LogP contribution is -2.63. The lowest BCUT2D eigenvalue weighted by Gasteiger charge is -2.35. The molecule has 0 aromatic rings. The first-order valence-corrected chi connectivity index (χ1v) is 11.4. The first-order valence-electron chi connectivity index (χ1n) is 9.91. The van der Waals surface area contributed by atoms with E-state index in [0.29, 0.717) is 25.7 Å². The van der Waals surface area contributed by atoms with Gasteiger partial charge in [-0.3, -0.25) is 9.35 Å². The zero-order valence-corrected chi connectivity index (χ0v) is 18.7. The van der Waals surface area contributed by atoms with Gasteiger partial charge < -0.3 is 14.8 Å². The van der Waals surface area contributed by atoms with Crippen molar-refractivity contribution in [2.45, 2.75) is 81.1 Å². The summed E-state index contributed by atoms with van der Waals surface area (Å²) in [7, 11) is -6.55. The van der Waals surface area contributed by atoms with E-state index in [-0.39, 0.29) is 0 Å². The average Bonchev–Trinajstić information content (AvgIpc) is 2.68. The first kappa shape index (κ1) is 30.1. The molecule has 8 nitrogen and oxygen atoms in total. The quantitative estimate of drug-likeness (QED) is 0.104. The molecule has 0 aliphatic heterocycles. The molecule has 0 aromatic carbocycles. The Hall–Kier alpha value is -1.94. The number of halogens is 7. The second-order valence-electron chi connectivity index (χ2n) is 7.74. The highest BCUT2D eigenvalue weighted by atomic mass is 32.2.